The Labute approximate surface area is 244 Å². The Kier molecular flexibility index (Phi) is 9.85. The Balaban J connectivity index is 2.06. The zero-order valence-corrected chi connectivity index (χ0v) is 25.8. The summed E-state index contributed by atoms with van der Waals surface area (Å²) >= 11 is 9.60. The number of anilines is 1. The largest absolute Gasteiger partial charge is 0.350 e. The maximum absolute atomic E-state index is 14.0. The summed E-state index contributed by atoms with van der Waals surface area (Å²) < 4.78 is 29.6. The van der Waals surface area contributed by atoms with Crippen LogP contribution in [-0.2, 0) is 26.2 Å². The van der Waals surface area contributed by atoms with Crippen molar-refractivity contribution in [1.82, 2.24) is 10.2 Å². The molecule has 0 aliphatic heterocycles. The molecule has 39 heavy (non-hydrogen) atoms. The quantitative estimate of drug-likeness (QED) is 0.316. The van der Waals surface area contributed by atoms with Crippen molar-refractivity contribution in [2.24, 2.45) is 0 Å². The van der Waals surface area contributed by atoms with E-state index in [2.05, 4.69) is 21.2 Å². The van der Waals surface area contributed by atoms with Crippen molar-refractivity contribution in [3.05, 3.63) is 93.4 Å². The smallest absolute Gasteiger partial charge is 0.264 e. The number of nitrogens with zero attached hydrogens (tertiary/aromatic N) is 2. The van der Waals surface area contributed by atoms with Crippen LogP contribution in [0.5, 0.6) is 0 Å². The SMILES string of the molecule is Cc1cc(Cl)ccc1N(CC(=O)N(Cc1cccc(Br)c1)[C@H](C)C(=O)NC(C)(C)C)S(=O)(=O)c1ccccc1. The molecule has 3 aromatic rings. The Bertz CT molecular complexity index is 1440. The number of sulfonamides is 1. The van der Waals surface area contributed by atoms with E-state index in [1.807, 2.05) is 45.0 Å². The second-order valence-corrected chi connectivity index (χ2v) is 13.5. The third-order valence-corrected chi connectivity index (χ3v) is 8.45. The fourth-order valence-electron chi connectivity index (χ4n) is 4.02. The summed E-state index contributed by atoms with van der Waals surface area (Å²) in [5, 5.41) is 3.37. The summed E-state index contributed by atoms with van der Waals surface area (Å²) in [5.74, 6) is -0.869. The molecule has 0 aromatic heterocycles. The lowest BCUT2D eigenvalue weighted by Crippen LogP contribution is -2.54. The molecule has 0 fully saturated rings. The number of halogens is 2. The molecule has 7 nitrogen and oxygen atoms in total. The van der Waals surface area contributed by atoms with Gasteiger partial charge in [0.05, 0.1) is 10.6 Å². The predicted octanol–water partition coefficient (Wildman–Crippen LogP) is 5.94. The average Bonchev–Trinajstić information content (AvgIpc) is 2.85. The number of aryl methyl sites for hydroxylation is 1. The minimum absolute atomic E-state index is 0.0456. The number of carbonyl (C=O) groups is 2. The molecule has 0 aliphatic carbocycles. The number of nitrogens with one attached hydrogen (secondary N) is 1. The van der Waals surface area contributed by atoms with Gasteiger partial charge in [-0.1, -0.05) is 57.9 Å². The van der Waals surface area contributed by atoms with Crippen LogP contribution in [0.25, 0.3) is 0 Å². The molecule has 3 aromatic carbocycles. The Morgan fingerprint density at radius 3 is 2.26 bits per heavy atom. The average molecular weight is 635 g/mol. The van der Waals surface area contributed by atoms with E-state index < -0.39 is 34.1 Å². The van der Waals surface area contributed by atoms with Crippen molar-refractivity contribution in [1.29, 1.82) is 0 Å². The molecule has 3 rings (SSSR count). The lowest BCUT2D eigenvalue weighted by atomic mass is 10.1. The molecule has 0 radical (unpaired) electrons. The van der Waals surface area contributed by atoms with Crippen LogP contribution in [0, 0.1) is 6.92 Å². The van der Waals surface area contributed by atoms with E-state index in [-0.39, 0.29) is 17.3 Å². The fourth-order valence-corrected chi connectivity index (χ4v) is 6.19. The van der Waals surface area contributed by atoms with Gasteiger partial charge in [0.15, 0.2) is 0 Å². The first kappa shape index (κ1) is 30.7. The summed E-state index contributed by atoms with van der Waals surface area (Å²) in [6.45, 7) is 8.54. The van der Waals surface area contributed by atoms with Crippen LogP contribution < -0.4 is 9.62 Å². The molecule has 0 spiro atoms. The van der Waals surface area contributed by atoms with Gasteiger partial charge in [-0.3, -0.25) is 13.9 Å². The highest BCUT2D eigenvalue weighted by molar-refractivity contribution is 9.10. The summed E-state index contributed by atoms with van der Waals surface area (Å²) in [5.41, 5.74) is 1.19. The first-order valence-electron chi connectivity index (χ1n) is 12.4. The Morgan fingerprint density at radius 2 is 1.67 bits per heavy atom. The minimum Gasteiger partial charge on any atom is -0.350 e. The standard InChI is InChI=1S/C29H33BrClN3O4S/c1-20-16-24(31)14-15-26(20)34(39(37,38)25-12-7-6-8-13-25)19-27(35)33(18-22-10-9-11-23(30)17-22)21(2)28(36)32-29(3,4)5/h6-17,21H,18-19H2,1-5H3,(H,32,36)/t21-/m1/s1. The van der Waals surface area contributed by atoms with E-state index >= 15 is 0 Å². The maximum Gasteiger partial charge on any atom is 0.264 e. The van der Waals surface area contributed by atoms with Gasteiger partial charge in [-0.25, -0.2) is 8.42 Å². The van der Waals surface area contributed by atoms with Crippen molar-refractivity contribution < 1.29 is 18.0 Å². The van der Waals surface area contributed by atoms with Crippen LogP contribution >= 0.6 is 27.5 Å². The molecule has 208 valence electrons. The second kappa shape index (κ2) is 12.5. The van der Waals surface area contributed by atoms with Gasteiger partial charge in [0.2, 0.25) is 11.8 Å². The topological polar surface area (TPSA) is 86.8 Å². The van der Waals surface area contributed by atoms with Crippen LogP contribution in [-0.4, -0.2) is 43.3 Å². The summed E-state index contributed by atoms with van der Waals surface area (Å²) in [7, 11) is -4.14. The van der Waals surface area contributed by atoms with E-state index in [1.54, 1.807) is 50.2 Å². The van der Waals surface area contributed by atoms with Gasteiger partial charge in [0, 0.05) is 21.6 Å². The van der Waals surface area contributed by atoms with Crippen molar-refractivity contribution >= 4 is 55.1 Å². The van der Waals surface area contributed by atoms with E-state index in [1.165, 1.54) is 17.0 Å². The minimum atomic E-state index is -4.14. The second-order valence-electron chi connectivity index (χ2n) is 10.3. The van der Waals surface area contributed by atoms with Crippen LogP contribution in [0.15, 0.2) is 82.2 Å². The first-order chi connectivity index (χ1) is 18.2. The highest BCUT2D eigenvalue weighted by atomic mass is 79.9. The van der Waals surface area contributed by atoms with Gasteiger partial charge >= 0.3 is 0 Å². The zero-order chi connectivity index (χ0) is 29.0. The number of amides is 2. The molecule has 10 heteroatoms. The molecule has 0 saturated heterocycles. The molecule has 0 saturated carbocycles. The number of rotatable bonds is 9. The lowest BCUT2D eigenvalue weighted by Gasteiger charge is -2.34. The van der Waals surface area contributed by atoms with Gasteiger partial charge in [0.1, 0.15) is 12.6 Å². The third kappa shape index (κ3) is 8.06. The highest BCUT2D eigenvalue weighted by Gasteiger charge is 2.33. The maximum atomic E-state index is 14.0. The molecular weight excluding hydrogens is 602 g/mol. The molecule has 2 amide bonds. The molecule has 0 bridgehead atoms. The van der Waals surface area contributed by atoms with Crippen LogP contribution in [0.2, 0.25) is 5.02 Å². The zero-order valence-electron chi connectivity index (χ0n) is 22.6. The van der Waals surface area contributed by atoms with Gasteiger partial charge in [-0.2, -0.15) is 0 Å². The lowest BCUT2D eigenvalue weighted by molar-refractivity contribution is -0.140. The fraction of sp³-hybridized carbons (Fsp3) is 0.310. The van der Waals surface area contributed by atoms with Gasteiger partial charge in [0.25, 0.3) is 10.0 Å². The number of hydrogen-bond donors (Lipinski definition) is 1. The van der Waals surface area contributed by atoms with Crippen molar-refractivity contribution in [2.75, 3.05) is 10.8 Å². The number of benzene rings is 3. The molecule has 0 aliphatic rings. The van der Waals surface area contributed by atoms with E-state index in [0.717, 1.165) is 14.3 Å². The van der Waals surface area contributed by atoms with Gasteiger partial charge in [-0.05, 0) is 88.2 Å². The van der Waals surface area contributed by atoms with Crippen LogP contribution in [0.4, 0.5) is 5.69 Å². The van der Waals surface area contributed by atoms with Crippen LogP contribution in [0.3, 0.4) is 0 Å². The Morgan fingerprint density at radius 1 is 1.00 bits per heavy atom. The molecule has 0 heterocycles. The summed E-state index contributed by atoms with van der Waals surface area (Å²) in [6.07, 6.45) is 0. The van der Waals surface area contributed by atoms with Crippen molar-refractivity contribution in [3.8, 4) is 0 Å². The number of hydrogen-bond acceptors (Lipinski definition) is 4. The third-order valence-electron chi connectivity index (χ3n) is 5.95. The summed E-state index contributed by atoms with van der Waals surface area (Å²) in [6, 6.07) is 19.3. The van der Waals surface area contributed by atoms with E-state index in [0.29, 0.717) is 16.3 Å². The van der Waals surface area contributed by atoms with Gasteiger partial charge < -0.3 is 10.2 Å². The highest BCUT2D eigenvalue weighted by Crippen LogP contribution is 2.29. The molecule has 0 unspecified atom stereocenters. The summed E-state index contributed by atoms with van der Waals surface area (Å²) in [4.78, 5) is 28.6. The van der Waals surface area contributed by atoms with E-state index in [4.69, 9.17) is 11.6 Å². The van der Waals surface area contributed by atoms with Crippen molar-refractivity contribution in [3.63, 3.8) is 0 Å². The van der Waals surface area contributed by atoms with Crippen LogP contribution in [0.1, 0.15) is 38.8 Å². The van der Waals surface area contributed by atoms with Gasteiger partial charge in [-0.15, -0.1) is 0 Å². The number of carbonyl (C=O) groups excluding carboxylic acids is 2. The molecular formula is C29H33BrClN3O4S. The first-order valence-corrected chi connectivity index (χ1v) is 15.0. The normalized spacial score (nSPS) is 12.5. The van der Waals surface area contributed by atoms with E-state index in [9.17, 15) is 18.0 Å². The predicted molar refractivity (Wildman–Crippen MR) is 159 cm³/mol. The Hall–Kier alpha value is -2.88. The molecule has 1 atom stereocenters. The van der Waals surface area contributed by atoms with Crippen molar-refractivity contribution in [2.45, 2.75) is 57.6 Å². The molecule has 1 N–H and O–H groups in total. The monoisotopic (exact) mass is 633 g/mol.